The highest BCUT2D eigenvalue weighted by Gasteiger charge is 2.27. The number of amides is 1. The quantitative estimate of drug-likeness (QED) is 0.565. The van der Waals surface area contributed by atoms with Crippen molar-refractivity contribution in [3.63, 3.8) is 0 Å². The summed E-state index contributed by atoms with van der Waals surface area (Å²) in [6, 6.07) is 17.0. The van der Waals surface area contributed by atoms with Gasteiger partial charge in [-0.1, -0.05) is 60.2 Å². The molecule has 0 N–H and O–H groups in total. The minimum atomic E-state index is -3.55. The van der Waals surface area contributed by atoms with Crippen molar-refractivity contribution in [3.05, 3.63) is 71.1 Å². The molecule has 2 heterocycles. The topological polar surface area (TPSA) is 101 Å². The fraction of sp³-hybridized carbons (Fsp3) is 0.273. The maximum atomic E-state index is 12.6. The number of rotatable bonds is 6. The molecule has 0 spiro atoms. The molecule has 166 valence electrons. The van der Waals surface area contributed by atoms with Crippen molar-refractivity contribution in [3.8, 4) is 11.4 Å². The first-order valence-corrected chi connectivity index (χ1v) is 11.8. The second-order valence-corrected chi connectivity index (χ2v) is 9.37. The van der Waals surface area contributed by atoms with Gasteiger partial charge in [-0.05, 0) is 23.8 Å². The van der Waals surface area contributed by atoms with E-state index in [1.54, 1.807) is 11.0 Å². The van der Waals surface area contributed by atoms with E-state index in [2.05, 4.69) is 15.4 Å². The molecule has 1 fully saturated rings. The zero-order chi connectivity index (χ0) is 22.6. The van der Waals surface area contributed by atoms with Gasteiger partial charge in [-0.15, -0.1) is 10.2 Å². The van der Waals surface area contributed by atoms with Crippen LogP contribution >= 0.6 is 0 Å². The number of hydrogen-bond donors (Lipinski definition) is 0. The van der Waals surface area contributed by atoms with Crippen molar-refractivity contribution < 1.29 is 13.2 Å². The van der Waals surface area contributed by atoms with Crippen molar-refractivity contribution in [2.45, 2.75) is 13.5 Å². The summed E-state index contributed by atoms with van der Waals surface area (Å²) >= 11 is 0. The van der Waals surface area contributed by atoms with Crippen LogP contribution in [0.25, 0.3) is 17.5 Å². The van der Waals surface area contributed by atoms with Crippen molar-refractivity contribution in [2.75, 3.05) is 26.2 Å². The van der Waals surface area contributed by atoms with E-state index in [1.165, 1.54) is 14.5 Å². The highest BCUT2D eigenvalue weighted by molar-refractivity contribution is 7.92. The van der Waals surface area contributed by atoms with Gasteiger partial charge in [-0.2, -0.15) is 9.10 Å². The minimum Gasteiger partial charge on any atom is -0.338 e. The first-order chi connectivity index (χ1) is 15.4. The summed E-state index contributed by atoms with van der Waals surface area (Å²) in [6.07, 6.45) is 1.58. The van der Waals surface area contributed by atoms with Gasteiger partial charge in [0.1, 0.15) is 6.54 Å². The van der Waals surface area contributed by atoms with Gasteiger partial charge in [0, 0.05) is 37.2 Å². The molecule has 3 aromatic rings. The maximum absolute atomic E-state index is 12.6. The van der Waals surface area contributed by atoms with Crippen molar-refractivity contribution in [1.29, 1.82) is 0 Å². The number of tetrazole rings is 1. The van der Waals surface area contributed by atoms with Gasteiger partial charge in [0.25, 0.3) is 0 Å². The summed E-state index contributed by atoms with van der Waals surface area (Å²) in [5.74, 6) is 0.286. The Morgan fingerprint density at radius 3 is 2.38 bits per heavy atom. The molecule has 0 bridgehead atoms. The highest BCUT2D eigenvalue weighted by atomic mass is 32.2. The van der Waals surface area contributed by atoms with Crippen LogP contribution in [0, 0.1) is 6.92 Å². The van der Waals surface area contributed by atoms with Gasteiger partial charge in [-0.25, -0.2) is 8.42 Å². The molecule has 10 heteroatoms. The van der Waals surface area contributed by atoms with Crippen molar-refractivity contribution in [1.82, 2.24) is 29.4 Å². The van der Waals surface area contributed by atoms with Gasteiger partial charge >= 0.3 is 0 Å². The second-order valence-electron chi connectivity index (χ2n) is 7.55. The third-order valence-corrected chi connectivity index (χ3v) is 6.79. The smallest absolute Gasteiger partial charge is 0.246 e. The Labute approximate surface area is 187 Å². The monoisotopic (exact) mass is 452 g/mol. The Balaban J connectivity index is 1.32. The zero-order valence-electron chi connectivity index (χ0n) is 17.7. The number of aromatic nitrogens is 4. The molecular formula is C22H24N6O3S. The van der Waals surface area contributed by atoms with Crippen LogP contribution in [-0.2, 0) is 21.4 Å². The van der Waals surface area contributed by atoms with Crippen LogP contribution < -0.4 is 0 Å². The molecule has 1 aromatic heterocycles. The van der Waals surface area contributed by atoms with Gasteiger partial charge in [0.15, 0.2) is 0 Å². The van der Waals surface area contributed by atoms with Crippen LogP contribution in [0.1, 0.15) is 11.1 Å². The van der Waals surface area contributed by atoms with Crippen LogP contribution in [0.2, 0.25) is 0 Å². The second kappa shape index (κ2) is 9.41. The highest BCUT2D eigenvalue weighted by Crippen LogP contribution is 2.15. The summed E-state index contributed by atoms with van der Waals surface area (Å²) in [7, 11) is -3.55. The normalized spacial score (nSPS) is 15.3. The molecule has 1 amide bonds. The average molecular weight is 453 g/mol. The lowest BCUT2D eigenvalue weighted by Crippen LogP contribution is -2.50. The van der Waals surface area contributed by atoms with E-state index >= 15 is 0 Å². The fourth-order valence-corrected chi connectivity index (χ4v) is 4.53. The van der Waals surface area contributed by atoms with Crippen LogP contribution in [0.15, 0.2) is 60.0 Å². The Bertz CT molecular complexity index is 1200. The van der Waals surface area contributed by atoms with Crippen molar-refractivity contribution in [2.24, 2.45) is 0 Å². The molecule has 0 saturated carbocycles. The van der Waals surface area contributed by atoms with Gasteiger partial charge in [0.2, 0.25) is 21.8 Å². The van der Waals surface area contributed by atoms with Crippen LogP contribution in [0.3, 0.4) is 0 Å². The molecule has 1 aliphatic heterocycles. The lowest BCUT2D eigenvalue weighted by Gasteiger charge is -2.33. The third-order valence-electron chi connectivity index (χ3n) is 5.22. The Morgan fingerprint density at radius 1 is 1.00 bits per heavy atom. The summed E-state index contributed by atoms with van der Waals surface area (Å²) in [5.41, 5.74) is 2.78. The molecule has 4 rings (SSSR count). The molecule has 1 aliphatic rings. The average Bonchev–Trinajstić information content (AvgIpc) is 3.27. The molecule has 32 heavy (non-hydrogen) atoms. The predicted octanol–water partition coefficient (Wildman–Crippen LogP) is 1.79. The minimum absolute atomic E-state index is 0.0421. The number of carbonyl (C=O) groups is 1. The summed E-state index contributed by atoms with van der Waals surface area (Å²) in [5, 5.41) is 13.5. The first kappa shape index (κ1) is 21.8. The van der Waals surface area contributed by atoms with Gasteiger partial charge in [0.05, 0.1) is 0 Å². The van der Waals surface area contributed by atoms with Gasteiger partial charge in [-0.3, -0.25) is 4.79 Å². The number of aryl methyl sites for hydroxylation is 1. The summed E-state index contributed by atoms with van der Waals surface area (Å²) in [4.78, 5) is 15.5. The van der Waals surface area contributed by atoms with E-state index in [-0.39, 0.29) is 25.5 Å². The largest absolute Gasteiger partial charge is 0.338 e. The molecule has 0 radical (unpaired) electrons. The number of carbonyl (C=O) groups excluding carboxylic acids is 1. The lowest BCUT2D eigenvalue weighted by atomic mass is 10.1. The fourth-order valence-electron chi connectivity index (χ4n) is 3.36. The Morgan fingerprint density at radius 2 is 1.69 bits per heavy atom. The van der Waals surface area contributed by atoms with Crippen molar-refractivity contribution >= 4 is 22.0 Å². The molecule has 9 nitrogen and oxygen atoms in total. The van der Waals surface area contributed by atoms with E-state index in [0.29, 0.717) is 18.9 Å². The van der Waals surface area contributed by atoms with Gasteiger partial charge < -0.3 is 4.90 Å². The predicted molar refractivity (Wildman–Crippen MR) is 121 cm³/mol. The maximum Gasteiger partial charge on any atom is 0.246 e. The van der Waals surface area contributed by atoms with Crippen LogP contribution in [0.4, 0.5) is 0 Å². The number of benzene rings is 2. The standard InChI is InChI=1S/C22H24N6O3S/c1-18-7-9-20(10-8-18)22-23-25-28(24-22)17-21(29)26-12-14-27(15-13-26)32(30,31)16-11-19-5-3-2-4-6-19/h2-11,16H,12-15,17H2,1H3/b16-11+. The third kappa shape index (κ3) is 5.27. The molecular weight excluding hydrogens is 428 g/mol. The Kier molecular flexibility index (Phi) is 6.42. The number of sulfonamides is 1. The summed E-state index contributed by atoms with van der Waals surface area (Å²) < 4.78 is 26.6. The van der Waals surface area contributed by atoms with Crippen LogP contribution in [0.5, 0.6) is 0 Å². The number of piperazine rings is 1. The van der Waals surface area contributed by atoms with E-state index < -0.39 is 10.0 Å². The van der Waals surface area contributed by atoms with E-state index in [0.717, 1.165) is 16.7 Å². The number of nitrogens with zero attached hydrogens (tertiary/aromatic N) is 6. The van der Waals surface area contributed by atoms with Crippen LogP contribution in [-0.4, -0.2) is 69.9 Å². The molecule has 2 aromatic carbocycles. The molecule has 0 unspecified atom stereocenters. The van der Waals surface area contributed by atoms with E-state index in [9.17, 15) is 13.2 Å². The first-order valence-electron chi connectivity index (χ1n) is 10.3. The summed E-state index contributed by atoms with van der Waals surface area (Å²) in [6.45, 7) is 3.07. The molecule has 0 atom stereocenters. The van der Waals surface area contributed by atoms with E-state index in [4.69, 9.17) is 0 Å². The molecule has 0 aliphatic carbocycles. The van der Waals surface area contributed by atoms with E-state index in [1.807, 2.05) is 61.5 Å². The lowest BCUT2D eigenvalue weighted by molar-refractivity contribution is -0.133. The Hall–Kier alpha value is -3.37. The molecule has 1 saturated heterocycles. The number of hydrogen-bond acceptors (Lipinski definition) is 6. The zero-order valence-corrected chi connectivity index (χ0v) is 18.5. The SMILES string of the molecule is Cc1ccc(-c2nnn(CC(=O)N3CCN(S(=O)(=O)/C=C/c4ccccc4)CC3)n2)cc1.